The maximum atomic E-state index is 15.2. The van der Waals surface area contributed by atoms with Crippen LogP contribution < -0.4 is 37.6 Å². The van der Waals surface area contributed by atoms with Crippen LogP contribution in [0.3, 0.4) is 0 Å². The summed E-state index contributed by atoms with van der Waals surface area (Å²) in [5.74, 6) is -6.75. The Bertz CT molecular complexity index is 2730. The molecule has 0 aromatic heterocycles. The number of amides is 10. The molecule has 0 saturated carbocycles. The van der Waals surface area contributed by atoms with Crippen molar-refractivity contribution in [2.45, 2.75) is 173 Å². The van der Waals surface area contributed by atoms with Crippen molar-refractivity contribution < 1.29 is 62.5 Å². The number of hydrogen-bond donors (Lipinski definition) is 10. The van der Waals surface area contributed by atoms with Crippen LogP contribution in [0.5, 0.6) is 0 Å². The number of aliphatic hydroxyl groups excluding tert-OH is 1. The third-order valence-corrected chi connectivity index (χ3v) is 18.1. The summed E-state index contributed by atoms with van der Waals surface area (Å²) in [4.78, 5) is 126. The van der Waals surface area contributed by atoms with E-state index in [1.165, 1.54) is 33.2 Å². The van der Waals surface area contributed by atoms with E-state index < -0.39 is 136 Å². The fourth-order valence-electron chi connectivity index (χ4n) is 10.7. The monoisotopic (exact) mass is 1270 g/mol. The molecule has 12 atom stereocenters. The van der Waals surface area contributed by atoms with E-state index in [0.717, 1.165) is 4.90 Å². The van der Waals surface area contributed by atoms with Crippen LogP contribution >= 0.6 is 25.3 Å². The maximum absolute atomic E-state index is 15.2. The minimum Gasteiger partial charge on any atom is -0.445 e. The van der Waals surface area contributed by atoms with Gasteiger partial charge in [-0.1, -0.05) is 116 Å². The first kappa shape index (κ1) is 75.4. The first-order valence-electron chi connectivity index (χ1n) is 29.7. The molecule has 0 spiro atoms. The van der Waals surface area contributed by atoms with Gasteiger partial charge < -0.3 is 66.8 Å². The summed E-state index contributed by atoms with van der Waals surface area (Å²) in [5, 5.41) is 30.3. The zero-order valence-electron chi connectivity index (χ0n) is 53.3. The summed E-state index contributed by atoms with van der Waals surface area (Å²) >= 11 is 10.1. The number of thiol groups is 2. The van der Waals surface area contributed by atoms with E-state index in [1.807, 2.05) is 32.0 Å². The van der Waals surface area contributed by atoms with Gasteiger partial charge in [-0.25, -0.2) is 9.59 Å². The number of urea groups is 1. The van der Waals surface area contributed by atoms with Gasteiger partial charge in [-0.05, 0) is 85.1 Å². The molecule has 1 aliphatic heterocycles. The number of methoxy groups -OCH3 is 2. The standard InChI is InChI=1S/C60H95N13O13S2/c1-15-37(8)60(88,45(84-13)31-47(75)73-30-20-24-44(73)51(85-14)38(9)52(77)65-39(10)50(76)41-21-17-16-18-22-41)72(12)56(81)59(87,36(6)7)69-55(80)49(35(4)5)71(11)58(83)86-33-40-25-27-42(28-26-40)66-53(78)43(23-19-29-63-57(61)82)67-54(79)48(34(2)3)68-46(74)32-64-70-62/h16-18,21-22,25-28,34-39,43-45,48-51,76,87-88H,15,19-20,23-24,29-33H2,1-14H3,(H,65,77)(H,66,78)(H,67,79)(H,68,74)(H,69,80)(H3,61,63,82)/t37-,38+,39+,43-,44-,45+,48-,49-,50+,51+,59-,60?/m0/s1. The molecule has 88 heavy (non-hydrogen) atoms. The second-order valence-corrected chi connectivity index (χ2v) is 24.9. The lowest BCUT2D eigenvalue weighted by molar-refractivity contribution is -0.151. The fourth-order valence-corrected chi connectivity index (χ4v) is 11.5. The highest BCUT2D eigenvalue weighted by Gasteiger charge is 2.53. The van der Waals surface area contributed by atoms with Crippen molar-refractivity contribution in [2.24, 2.45) is 40.4 Å². The van der Waals surface area contributed by atoms with E-state index in [0.29, 0.717) is 42.6 Å². The molecule has 0 radical (unpaired) electrons. The van der Waals surface area contributed by atoms with Gasteiger partial charge >= 0.3 is 12.1 Å². The number of carbonyl (C=O) groups excluding carboxylic acids is 9. The molecule has 0 bridgehead atoms. The van der Waals surface area contributed by atoms with Gasteiger partial charge in [-0.15, -0.1) is 25.3 Å². The molecule has 2 aromatic carbocycles. The number of azide groups is 1. The van der Waals surface area contributed by atoms with Crippen LogP contribution in [0.4, 0.5) is 15.3 Å². The normalized spacial score (nSPS) is 17.6. The van der Waals surface area contributed by atoms with E-state index in [4.69, 9.17) is 50.7 Å². The Morgan fingerprint density at radius 2 is 1.49 bits per heavy atom. The number of ether oxygens (including phenoxy) is 3. The van der Waals surface area contributed by atoms with Crippen molar-refractivity contribution in [3.05, 3.63) is 76.2 Å². The quantitative estimate of drug-likeness (QED) is 0.0105. The zero-order valence-corrected chi connectivity index (χ0v) is 55.1. The predicted octanol–water partition coefficient (Wildman–Crippen LogP) is 5.42. The second-order valence-electron chi connectivity index (χ2n) is 23.4. The molecular formula is C60H95N13O13S2. The van der Waals surface area contributed by atoms with Crippen LogP contribution in [0.1, 0.15) is 125 Å². The van der Waals surface area contributed by atoms with Crippen molar-refractivity contribution in [3.63, 3.8) is 0 Å². The third kappa shape index (κ3) is 20.3. The molecule has 28 heteroatoms. The highest BCUT2D eigenvalue weighted by Crippen LogP contribution is 2.41. The second kappa shape index (κ2) is 35.4. The topological polar surface area (TPSA) is 358 Å². The highest BCUT2D eigenvalue weighted by molar-refractivity contribution is 7.83. The van der Waals surface area contributed by atoms with Crippen LogP contribution in [0.2, 0.25) is 0 Å². The van der Waals surface area contributed by atoms with E-state index in [2.05, 4.69) is 41.9 Å². The van der Waals surface area contributed by atoms with Crippen molar-refractivity contribution >= 4 is 84.4 Å². The molecule has 490 valence electrons. The van der Waals surface area contributed by atoms with Gasteiger partial charge in [0.05, 0.1) is 42.7 Å². The van der Waals surface area contributed by atoms with Gasteiger partial charge in [0.15, 0.2) is 4.87 Å². The summed E-state index contributed by atoms with van der Waals surface area (Å²) in [5.41, 5.74) is 15.3. The lowest BCUT2D eigenvalue weighted by Crippen LogP contribution is -2.68. The third-order valence-electron chi connectivity index (χ3n) is 16.3. The van der Waals surface area contributed by atoms with Gasteiger partial charge in [-0.3, -0.25) is 38.5 Å². The summed E-state index contributed by atoms with van der Waals surface area (Å²) < 4.78 is 17.7. The Balaban J connectivity index is 1.77. The average molecular weight is 1270 g/mol. The van der Waals surface area contributed by atoms with Crippen LogP contribution in [-0.4, -0.2) is 173 Å². The Kier molecular flexibility index (Phi) is 30.3. The number of carbonyl (C=O) groups is 9. The lowest BCUT2D eigenvalue weighted by atomic mass is 9.88. The Morgan fingerprint density at radius 1 is 0.852 bits per heavy atom. The molecular weight excluding hydrogens is 1170 g/mol. The van der Waals surface area contributed by atoms with E-state index in [9.17, 15) is 43.5 Å². The number of primary amides is 1. The van der Waals surface area contributed by atoms with Gasteiger partial charge in [0.25, 0.3) is 5.91 Å². The SMILES string of the molecule is CC[C@H](C)C(S)([C@@H](CC(=O)N1CCC[C@H]1[C@H](OC)[C@@H](C)C(=O)N[C@H](C)[C@@H](O)c1ccccc1)OC)N(C)C(=O)[C@](S)(NC(=O)[C@H](C(C)C)N(C)C(=O)OCc1ccc(NC(=O)[C@H](CCCNC(N)=O)NC(=O)[C@@H](NC(=O)CN=[N+]=[N-])C(C)C)cc1)C(C)C. The lowest BCUT2D eigenvalue weighted by Gasteiger charge is -2.50. The number of anilines is 1. The van der Waals surface area contributed by atoms with Crippen LogP contribution in [0.15, 0.2) is 59.7 Å². The molecule has 2 aromatic rings. The van der Waals surface area contributed by atoms with Gasteiger partial charge in [0.2, 0.25) is 35.4 Å². The predicted molar refractivity (Wildman–Crippen MR) is 339 cm³/mol. The van der Waals surface area contributed by atoms with E-state index in [-0.39, 0.29) is 44.2 Å². The van der Waals surface area contributed by atoms with Crippen LogP contribution in [0.25, 0.3) is 10.4 Å². The Hall–Kier alpha value is -6.84. The highest BCUT2D eigenvalue weighted by atomic mass is 32.1. The number of rotatable bonds is 34. The number of benzene rings is 2. The molecule has 1 heterocycles. The summed E-state index contributed by atoms with van der Waals surface area (Å²) in [7, 11) is 5.85. The first-order chi connectivity index (χ1) is 41.3. The Labute approximate surface area is 528 Å². The fraction of sp³-hybridized carbons (Fsp3) is 0.650. The summed E-state index contributed by atoms with van der Waals surface area (Å²) in [6.45, 7) is 17.2. The minimum atomic E-state index is -1.90. The van der Waals surface area contributed by atoms with Crippen molar-refractivity contribution in [2.75, 3.05) is 53.3 Å². The first-order valence-corrected chi connectivity index (χ1v) is 30.6. The van der Waals surface area contributed by atoms with Gasteiger partial charge in [0, 0.05) is 52.0 Å². The van der Waals surface area contributed by atoms with E-state index in [1.54, 1.807) is 96.7 Å². The molecule has 1 saturated heterocycles. The summed E-state index contributed by atoms with van der Waals surface area (Å²) in [6.07, 6.45) is -1.78. The average Bonchev–Trinajstić information content (AvgIpc) is 1.10. The minimum absolute atomic E-state index is 0.0617. The number of nitrogens with two attached hydrogens (primary N) is 1. The van der Waals surface area contributed by atoms with Crippen LogP contribution in [-0.2, 0) is 54.4 Å². The number of aliphatic hydroxyl groups is 1. The molecule has 9 N–H and O–H groups in total. The zero-order chi connectivity index (χ0) is 66.4. The van der Waals surface area contributed by atoms with Crippen LogP contribution in [0, 0.1) is 29.6 Å². The Morgan fingerprint density at radius 3 is 2.03 bits per heavy atom. The van der Waals surface area contributed by atoms with E-state index >= 15 is 4.79 Å². The maximum Gasteiger partial charge on any atom is 0.410 e. The number of likely N-dealkylation sites (N-methyl/N-ethyl adjacent to an activating group) is 2. The summed E-state index contributed by atoms with van der Waals surface area (Å²) in [6, 6.07) is 10.00. The number of nitrogens with one attached hydrogen (secondary N) is 6. The number of nitrogens with zero attached hydrogens (tertiary/aromatic N) is 6. The molecule has 1 aliphatic rings. The molecule has 26 nitrogen and oxygen atoms in total. The van der Waals surface area contributed by atoms with Gasteiger partial charge in [-0.2, -0.15) is 0 Å². The molecule has 10 amide bonds. The number of hydrogen-bond acceptors (Lipinski definition) is 16. The number of likely N-dealkylation sites (tertiary alicyclic amines) is 1. The molecule has 1 unspecified atom stereocenters. The molecule has 0 aliphatic carbocycles. The molecule has 1 fully saturated rings. The smallest absolute Gasteiger partial charge is 0.410 e. The van der Waals surface area contributed by atoms with Crippen molar-refractivity contribution in [1.29, 1.82) is 0 Å². The van der Waals surface area contributed by atoms with Crippen molar-refractivity contribution in [1.82, 2.24) is 41.3 Å². The van der Waals surface area contributed by atoms with Crippen molar-refractivity contribution in [3.8, 4) is 0 Å². The molecule has 3 rings (SSSR count). The van der Waals surface area contributed by atoms with Gasteiger partial charge in [0.1, 0.15) is 36.1 Å². The largest absolute Gasteiger partial charge is 0.445 e.